The molecule has 0 saturated heterocycles. The number of ketones is 1. The number of carbonyl (C=O) groups is 2. The highest BCUT2D eigenvalue weighted by molar-refractivity contribution is 6.53. The Morgan fingerprint density at radius 2 is 1.61 bits per heavy atom. The van der Waals surface area contributed by atoms with Gasteiger partial charge in [0.25, 0.3) is 0 Å². The number of anilines is 1. The summed E-state index contributed by atoms with van der Waals surface area (Å²) in [6.07, 6.45) is -0.122. The molecule has 0 aliphatic heterocycles. The Morgan fingerprint density at radius 1 is 0.909 bits per heavy atom. The zero-order chi connectivity index (χ0) is 23.9. The van der Waals surface area contributed by atoms with Crippen LogP contribution in [-0.2, 0) is 11.2 Å². The van der Waals surface area contributed by atoms with Crippen molar-refractivity contribution in [1.29, 1.82) is 0 Å². The van der Waals surface area contributed by atoms with E-state index in [1.807, 2.05) is 0 Å². The lowest BCUT2D eigenvalue weighted by Crippen LogP contribution is -2.18. The van der Waals surface area contributed by atoms with E-state index in [2.05, 4.69) is 5.32 Å². The summed E-state index contributed by atoms with van der Waals surface area (Å²) in [6.45, 7) is 0. The third-order valence-electron chi connectivity index (χ3n) is 5.45. The van der Waals surface area contributed by atoms with E-state index >= 15 is 0 Å². The van der Waals surface area contributed by atoms with Gasteiger partial charge in [0.05, 0.1) is 21.5 Å². The van der Waals surface area contributed by atoms with Crippen LogP contribution in [0.4, 0.5) is 14.5 Å². The van der Waals surface area contributed by atoms with Crippen LogP contribution in [-0.4, -0.2) is 16.0 Å². The number of amides is 1. The number of nitrogens with one attached hydrogen (secondary N) is 1. The maximum atomic E-state index is 14.3. The summed E-state index contributed by atoms with van der Waals surface area (Å²) in [5, 5.41) is 3.32. The zero-order valence-corrected chi connectivity index (χ0v) is 19.7. The fourth-order valence-electron chi connectivity index (χ4n) is 3.69. The first-order valence-corrected chi connectivity index (χ1v) is 11.3. The van der Waals surface area contributed by atoms with Crippen LogP contribution in [0.3, 0.4) is 0 Å². The highest BCUT2D eigenvalue weighted by Crippen LogP contribution is 2.65. The van der Waals surface area contributed by atoms with Gasteiger partial charge in [0.2, 0.25) is 5.91 Å². The largest absolute Gasteiger partial charge is 0.326 e. The average Bonchev–Trinajstić information content (AvgIpc) is 3.35. The van der Waals surface area contributed by atoms with Gasteiger partial charge < -0.3 is 5.32 Å². The van der Waals surface area contributed by atoms with Crippen LogP contribution in [0.1, 0.15) is 27.4 Å². The first kappa shape index (κ1) is 24.0. The van der Waals surface area contributed by atoms with Crippen LogP contribution >= 0.6 is 46.4 Å². The molecule has 3 aromatic rings. The highest BCUT2D eigenvalue weighted by Gasteiger charge is 2.67. The first-order chi connectivity index (χ1) is 15.6. The molecule has 2 unspecified atom stereocenters. The van der Waals surface area contributed by atoms with Gasteiger partial charge in [-0.15, -0.1) is 23.2 Å². The summed E-state index contributed by atoms with van der Waals surface area (Å²) in [6, 6.07) is 13.9. The third-order valence-corrected chi connectivity index (χ3v) is 7.13. The van der Waals surface area contributed by atoms with Crippen LogP contribution in [0.2, 0.25) is 10.0 Å². The van der Waals surface area contributed by atoms with Crippen LogP contribution in [0.15, 0.2) is 60.7 Å². The molecule has 2 atom stereocenters. The van der Waals surface area contributed by atoms with Gasteiger partial charge in [-0.1, -0.05) is 41.4 Å². The maximum Gasteiger partial charge on any atom is 0.231 e. The van der Waals surface area contributed by atoms with E-state index in [-0.39, 0.29) is 17.7 Å². The molecule has 3 aromatic carbocycles. The van der Waals surface area contributed by atoms with Gasteiger partial charge in [-0.2, -0.15) is 0 Å². The molecule has 9 heteroatoms. The van der Waals surface area contributed by atoms with Gasteiger partial charge in [-0.05, 0) is 53.6 Å². The van der Waals surface area contributed by atoms with Gasteiger partial charge in [0, 0.05) is 18.0 Å². The minimum absolute atomic E-state index is 0.122. The quantitative estimate of drug-likeness (QED) is 0.271. The molecule has 1 N–H and O–H groups in total. The third kappa shape index (κ3) is 5.02. The fraction of sp³-hybridized carbons (Fsp3) is 0.167. The van der Waals surface area contributed by atoms with Crippen molar-refractivity contribution in [3.63, 3.8) is 0 Å². The van der Waals surface area contributed by atoms with Crippen LogP contribution in [0.25, 0.3) is 0 Å². The number of hydrogen-bond donors (Lipinski definition) is 1. The fourth-order valence-corrected chi connectivity index (χ4v) is 4.83. The van der Waals surface area contributed by atoms with Crippen molar-refractivity contribution in [1.82, 2.24) is 0 Å². The van der Waals surface area contributed by atoms with Crippen molar-refractivity contribution in [2.45, 2.75) is 16.7 Å². The molecule has 1 aliphatic carbocycles. The number of carbonyl (C=O) groups excluding carboxylic acids is 2. The molecule has 33 heavy (non-hydrogen) atoms. The summed E-state index contributed by atoms with van der Waals surface area (Å²) in [7, 11) is 0. The zero-order valence-electron chi connectivity index (χ0n) is 16.7. The molecule has 0 heterocycles. The summed E-state index contributed by atoms with van der Waals surface area (Å²) in [5.74, 6) is -3.48. The van der Waals surface area contributed by atoms with Crippen molar-refractivity contribution in [2.75, 3.05) is 5.32 Å². The lowest BCUT2D eigenvalue weighted by Gasteiger charge is -2.09. The Labute approximate surface area is 208 Å². The lowest BCUT2D eigenvalue weighted by molar-refractivity contribution is -0.117. The molecule has 4 rings (SSSR count). The lowest BCUT2D eigenvalue weighted by atomic mass is 10.0. The molecule has 0 radical (unpaired) electrons. The van der Waals surface area contributed by atoms with E-state index in [4.69, 9.17) is 46.4 Å². The standard InChI is InChI=1S/C24H15Cl4F2NO2/c25-17-7-3-13(10-18(17)26)21-22(24(21,27)28)23(33)31-15-6-8-19(30)16(11-15)20(32)9-12-1-4-14(29)5-2-12/h1-8,10-11,21-22H,9H2,(H,31,33). The number of hydrogen-bond acceptors (Lipinski definition) is 2. The number of halogens is 6. The number of alkyl halides is 2. The maximum absolute atomic E-state index is 14.3. The normalized spacial score (nSPS) is 18.6. The molecular formula is C24H15Cl4F2NO2. The average molecular weight is 529 g/mol. The van der Waals surface area contributed by atoms with Crippen molar-refractivity contribution >= 4 is 63.8 Å². The molecule has 1 fully saturated rings. The monoisotopic (exact) mass is 527 g/mol. The van der Waals surface area contributed by atoms with Gasteiger partial charge in [0.15, 0.2) is 5.78 Å². The Kier molecular flexibility index (Phi) is 6.70. The Hall–Kier alpha value is -2.18. The van der Waals surface area contributed by atoms with E-state index in [1.54, 1.807) is 18.2 Å². The van der Waals surface area contributed by atoms with Crippen molar-refractivity contribution < 1.29 is 18.4 Å². The van der Waals surface area contributed by atoms with Crippen LogP contribution < -0.4 is 5.32 Å². The van der Waals surface area contributed by atoms with Crippen molar-refractivity contribution in [3.05, 3.63) is 99.0 Å². The molecule has 1 aliphatic rings. The van der Waals surface area contributed by atoms with Gasteiger partial charge in [-0.25, -0.2) is 8.78 Å². The second-order valence-electron chi connectivity index (χ2n) is 7.71. The number of rotatable bonds is 6. The minimum atomic E-state index is -1.36. The first-order valence-electron chi connectivity index (χ1n) is 9.78. The molecule has 1 amide bonds. The Balaban J connectivity index is 1.50. The summed E-state index contributed by atoms with van der Waals surface area (Å²) in [4.78, 5) is 25.5. The van der Waals surface area contributed by atoms with Crippen LogP contribution in [0.5, 0.6) is 0 Å². The molecule has 0 aromatic heterocycles. The van der Waals surface area contributed by atoms with Crippen LogP contribution in [0, 0.1) is 17.6 Å². The number of benzene rings is 3. The van der Waals surface area contributed by atoms with E-state index in [9.17, 15) is 18.4 Å². The molecule has 170 valence electrons. The second-order valence-corrected chi connectivity index (χ2v) is 9.97. The van der Waals surface area contributed by atoms with Crippen molar-refractivity contribution in [3.8, 4) is 0 Å². The van der Waals surface area contributed by atoms with Gasteiger partial charge >= 0.3 is 0 Å². The predicted molar refractivity (Wildman–Crippen MR) is 127 cm³/mol. The van der Waals surface area contributed by atoms with E-state index < -0.39 is 39.5 Å². The molecule has 1 saturated carbocycles. The second kappa shape index (κ2) is 9.22. The SMILES string of the molecule is O=C(Cc1ccc(F)cc1)c1cc(NC(=O)C2C(c3ccc(Cl)c(Cl)c3)C2(Cl)Cl)ccc1F. The number of Topliss-reactive ketones (excluding diaryl/α,β-unsaturated/α-hetero) is 1. The minimum Gasteiger partial charge on any atom is -0.326 e. The molecule has 3 nitrogen and oxygen atoms in total. The topological polar surface area (TPSA) is 46.2 Å². The Bertz CT molecular complexity index is 1250. The summed E-state index contributed by atoms with van der Waals surface area (Å²) in [5.41, 5.74) is 1.21. The molecule has 0 spiro atoms. The Morgan fingerprint density at radius 3 is 2.27 bits per heavy atom. The van der Waals surface area contributed by atoms with E-state index in [0.717, 1.165) is 6.07 Å². The van der Waals surface area contributed by atoms with Gasteiger partial charge in [-0.3, -0.25) is 9.59 Å². The summed E-state index contributed by atoms with van der Waals surface area (Å²) < 4.78 is 26.0. The van der Waals surface area contributed by atoms with Crippen molar-refractivity contribution in [2.24, 2.45) is 5.92 Å². The molecule has 0 bridgehead atoms. The van der Waals surface area contributed by atoms with E-state index in [0.29, 0.717) is 21.2 Å². The highest BCUT2D eigenvalue weighted by atomic mass is 35.5. The molecular weight excluding hydrogens is 514 g/mol. The van der Waals surface area contributed by atoms with Gasteiger partial charge in [0.1, 0.15) is 16.0 Å². The predicted octanol–water partition coefficient (Wildman–Crippen LogP) is 7.22. The van der Waals surface area contributed by atoms with E-state index in [1.165, 1.54) is 36.4 Å². The summed E-state index contributed by atoms with van der Waals surface area (Å²) >= 11 is 24.7. The smallest absolute Gasteiger partial charge is 0.231 e.